The molecule has 27 heavy (non-hydrogen) atoms. The second kappa shape index (κ2) is 8.55. The summed E-state index contributed by atoms with van der Waals surface area (Å²) in [7, 11) is -3.49. The maximum atomic E-state index is 12.2. The maximum Gasteiger partial charge on any atom is 0.338 e. The fraction of sp³-hybridized carbons (Fsp3) is 0.188. The van der Waals surface area contributed by atoms with Gasteiger partial charge in [0.15, 0.2) is 11.9 Å². The largest absolute Gasteiger partial charge is 0.449 e. The van der Waals surface area contributed by atoms with E-state index in [1.807, 2.05) is 0 Å². The highest BCUT2D eigenvalue weighted by Crippen LogP contribution is 2.22. The molecule has 0 aliphatic carbocycles. The van der Waals surface area contributed by atoms with E-state index >= 15 is 0 Å². The van der Waals surface area contributed by atoms with Gasteiger partial charge in [0.25, 0.3) is 5.91 Å². The van der Waals surface area contributed by atoms with Gasteiger partial charge in [-0.2, -0.15) is 0 Å². The molecule has 1 aromatic carbocycles. The topological polar surface area (TPSA) is 114 Å². The Morgan fingerprint density at radius 2 is 1.93 bits per heavy atom. The number of esters is 1. The van der Waals surface area contributed by atoms with Crippen molar-refractivity contribution in [3.63, 3.8) is 0 Å². The van der Waals surface area contributed by atoms with Crippen LogP contribution in [0.5, 0.6) is 0 Å². The van der Waals surface area contributed by atoms with E-state index in [9.17, 15) is 18.0 Å². The van der Waals surface area contributed by atoms with E-state index in [1.54, 1.807) is 0 Å². The number of nitrogens with one attached hydrogen (secondary N) is 2. The highest BCUT2D eigenvalue weighted by molar-refractivity contribution is 7.92. The number of amides is 1. The summed E-state index contributed by atoms with van der Waals surface area (Å²) in [5.41, 5.74) is 0.271. The van der Waals surface area contributed by atoms with Gasteiger partial charge in [-0.15, -0.1) is 0 Å². The van der Waals surface area contributed by atoms with Gasteiger partial charge in [0.1, 0.15) is 0 Å². The number of anilines is 2. The molecule has 0 unspecified atom stereocenters. The quantitative estimate of drug-likeness (QED) is 0.679. The van der Waals surface area contributed by atoms with Crippen molar-refractivity contribution in [2.24, 2.45) is 0 Å². The molecule has 0 radical (unpaired) electrons. The molecule has 0 fully saturated rings. The molecule has 2 N–H and O–H groups in total. The number of aromatic nitrogens is 1. The van der Waals surface area contributed by atoms with E-state index in [-0.39, 0.29) is 22.1 Å². The predicted octanol–water partition coefficient (Wildman–Crippen LogP) is 2.94. The van der Waals surface area contributed by atoms with Crippen LogP contribution in [0.15, 0.2) is 36.5 Å². The molecule has 1 amide bonds. The zero-order valence-electron chi connectivity index (χ0n) is 14.2. The molecular formula is C16H15Cl2N3O5S. The van der Waals surface area contributed by atoms with Crippen molar-refractivity contribution < 1.29 is 22.7 Å². The summed E-state index contributed by atoms with van der Waals surface area (Å²) in [6, 6.07) is 7.08. The van der Waals surface area contributed by atoms with Crippen molar-refractivity contribution in [3.05, 3.63) is 52.1 Å². The van der Waals surface area contributed by atoms with Gasteiger partial charge in [-0.3, -0.25) is 9.52 Å². The van der Waals surface area contributed by atoms with Gasteiger partial charge in [-0.05, 0) is 31.2 Å². The Hall–Kier alpha value is -2.36. The van der Waals surface area contributed by atoms with Gasteiger partial charge in [-0.25, -0.2) is 18.2 Å². The Morgan fingerprint density at radius 3 is 2.56 bits per heavy atom. The molecule has 11 heteroatoms. The summed E-state index contributed by atoms with van der Waals surface area (Å²) in [5, 5.41) is 2.87. The van der Waals surface area contributed by atoms with Crippen LogP contribution in [-0.2, 0) is 19.6 Å². The Labute approximate surface area is 165 Å². The van der Waals surface area contributed by atoms with Gasteiger partial charge < -0.3 is 10.1 Å². The number of rotatable bonds is 6. The van der Waals surface area contributed by atoms with Crippen molar-refractivity contribution in [2.45, 2.75) is 13.0 Å². The number of pyridine rings is 1. The number of nitrogens with zero attached hydrogens (tertiary/aromatic N) is 1. The fourth-order valence-corrected chi connectivity index (χ4v) is 2.91. The van der Waals surface area contributed by atoms with E-state index < -0.39 is 28.0 Å². The molecule has 8 nitrogen and oxygen atoms in total. The third-order valence-electron chi connectivity index (χ3n) is 3.10. The first-order valence-corrected chi connectivity index (χ1v) is 10.1. The van der Waals surface area contributed by atoms with Crippen molar-refractivity contribution in [1.82, 2.24) is 4.98 Å². The van der Waals surface area contributed by atoms with E-state index in [0.29, 0.717) is 5.02 Å². The Bertz CT molecular complexity index is 982. The Morgan fingerprint density at radius 1 is 1.22 bits per heavy atom. The normalized spacial score (nSPS) is 12.1. The Balaban J connectivity index is 2.04. The molecule has 0 aliphatic heterocycles. The highest BCUT2D eigenvalue weighted by atomic mass is 35.5. The van der Waals surface area contributed by atoms with Crippen molar-refractivity contribution in [3.8, 4) is 0 Å². The van der Waals surface area contributed by atoms with Crippen LogP contribution in [0.3, 0.4) is 0 Å². The predicted molar refractivity (Wildman–Crippen MR) is 103 cm³/mol. The smallest absolute Gasteiger partial charge is 0.338 e. The molecule has 1 aromatic heterocycles. The summed E-state index contributed by atoms with van der Waals surface area (Å²) in [4.78, 5) is 28.2. The average molecular weight is 432 g/mol. The van der Waals surface area contributed by atoms with Crippen LogP contribution in [0, 0.1) is 0 Å². The molecular weight excluding hydrogens is 417 g/mol. The molecule has 0 bridgehead atoms. The minimum absolute atomic E-state index is 0.0750. The molecule has 0 spiro atoms. The van der Waals surface area contributed by atoms with Crippen molar-refractivity contribution in [1.29, 1.82) is 0 Å². The van der Waals surface area contributed by atoms with Crippen LogP contribution in [0.25, 0.3) is 0 Å². The molecule has 1 heterocycles. The number of sulfonamides is 1. The van der Waals surface area contributed by atoms with Crippen LogP contribution in [0.4, 0.5) is 11.5 Å². The summed E-state index contributed by atoms with van der Waals surface area (Å²) in [5.74, 6) is -1.37. The minimum atomic E-state index is -3.49. The first kappa shape index (κ1) is 20.9. The molecule has 1 atom stereocenters. The van der Waals surface area contributed by atoms with Gasteiger partial charge in [0.05, 0.1) is 21.9 Å². The highest BCUT2D eigenvalue weighted by Gasteiger charge is 2.20. The maximum absolute atomic E-state index is 12.2. The lowest BCUT2D eigenvalue weighted by Crippen LogP contribution is -2.30. The SMILES string of the molecule is C[C@H](OC(=O)c1cccc(NS(C)(=O)=O)c1)C(=O)Nc1ncc(Cl)cc1Cl. The summed E-state index contributed by atoms with van der Waals surface area (Å²) in [6.07, 6.45) is 1.14. The van der Waals surface area contributed by atoms with Crippen molar-refractivity contribution >= 4 is 56.6 Å². The monoisotopic (exact) mass is 431 g/mol. The van der Waals surface area contributed by atoms with Gasteiger partial charge in [-0.1, -0.05) is 29.3 Å². The van der Waals surface area contributed by atoms with Crippen LogP contribution >= 0.6 is 23.2 Å². The van der Waals surface area contributed by atoms with Crippen LogP contribution in [0.1, 0.15) is 17.3 Å². The summed E-state index contributed by atoms with van der Waals surface area (Å²) < 4.78 is 29.9. The number of benzene rings is 1. The zero-order valence-corrected chi connectivity index (χ0v) is 16.5. The second-order valence-electron chi connectivity index (χ2n) is 5.48. The summed E-state index contributed by atoms with van der Waals surface area (Å²) >= 11 is 11.7. The number of carbonyl (C=O) groups excluding carboxylic acids is 2. The number of hydrogen-bond acceptors (Lipinski definition) is 6. The van der Waals surface area contributed by atoms with Crippen LogP contribution in [0.2, 0.25) is 10.0 Å². The fourth-order valence-electron chi connectivity index (χ4n) is 1.93. The van der Waals surface area contributed by atoms with E-state index in [1.165, 1.54) is 43.5 Å². The Kier molecular flexibility index (Phi) is 6.63. The van der Waals surface area contributed by atoms with Gasteiger partial charge in [0, 0.05) is 11.9 Å². The number of halogens is 2. The lowest BCUT2D eigenvalue weighted by molar-refractivity contribution is -0.123. The third-order valence-corrected chi connectivity index (χ3v) is 4.21. The van der Waals surface area contributed by atoms with Gasteiger partial charge in [0.2, 0.25) is 10.0 Å². The lowest BCUT2D eigenvalue weighted by atomic mass is 10.2. The van der Waals surface area contributed by atoms with Crippen LogP contribution < -0.4 is 10.0 Å². The molecule has 2 aromatic rings. The number of hydrogen-bond donors (Lipinski definition) is 2. The first-order valence-electron chi connectivity index (χ1n) is 7.46. The lowest BCUT2D eigenvalue weighted by Gasteiger charge is -2.14. The first-order chi connectivity index (χ1) is 12.5. The number of carbonyl (C=O) groups is 2. The van der Waals surface area contributed by atoms with Gasteiger partial charge >= 0.3 is 5.97 Å². The van der Waals surface area contributed by atoms with E-state index in [2.05, 4.69) is 15.0 Å². The van der Waals surface area contributed by atoms with Crippen molar-refractivity contribution in [2.75, 3.05) is 16.3 Å². The molecule has 0 saturated carbocycles. The van der Waals surface area contributed by atoms with Crippen LogP contribution in [-0.4, -0.2) is 37.6 Å². The summed E-state index contributed by atoms with van der Waals surface area (Å²) in [6.45, 7) is 1.37. The average Bonchev–Trinajstić information content (AvgIpc) is 2.55. The standard InChI is InChI=1S/C16H15Cl2N3O5S/c1-9(15(22)20-14-13(18)7-11(17)8-19-14)26-16(23)10-4-3-5-12(6-10)21-27(2,24)25/h3-9,21H,1-2H3,(H,19,20,22)/t9-/m0/s1. The molecule has 0 aliphatic rings. The number of ether oxygens (including phenoxy) is 1. The molecule has 0 saturated heterocycles. The zero-order chi connectivity index (χ0) is 20.2. The second-order valence-corrected chi connectivity index (χ2v) is 8.07. The molecule has 2 rings (SSSR count). The van der Waals surface area contributed by atoms with E-state index in [0.717, 1.165) is 6.26 Å². The molecule has 144 valence electrons. The van der Waals surface area contributed by atoms with E-state index in [4.69, 9.17) is 27.9 Å². The minimum Gasteiger partial charge on any atom is -0.449 e. The third kappa shape index (κ3) is 6.38.